The number of hydrogen-bond donors (Lipinski definition) is 2. The lowest BCUT2D eigenvalue weighted by Crippen LogP contribution is -2.42. The fourth-order valence-electron chi connectivity index (χ4n) is 2.66. The van der Waals surface area contributed by atoms with E-state index < -0.39 is 0 Å². The SMILES string of the molecule is CCCNC(=O)CCCC(=O)N1CCCC(CNC)C1.Cl. The van der Waals surface area contributed by atoms with Crippen LogP contribution in [0.2, 0.25) is 0 Å². The summed E-state index contributed by atoms with van der Waals surface area (Å²) in [5.41, 5.74) is 0. The summed E-state index contributed by atoms with van der Waals surface area (Å²) in [5, 5.41) is 6.02. The Hall–Kier alpha value is -0.810. The molecular formula is C15H30ClN3O2. The van der Waals surface area contributed by atoms with E-state index in [1.165, 1.54) is 6.42 Å². The average Bonchev–Trinajstić information content (AvgIpc) is 2.45. The van der Waals surface area contributed by atoms with E-state index in [-0.39, 0.29) is 24.2 Å². The number of carbonyl (C=O) groups is 2. The number of nitrogens with zero attached hydrogens (tertiary/aromatic N) is 1. The number of piperidine rings is 1. The van der Waals surface area contributed by atoms with E-state index in [9.17, 15) is 9.59 Å². The molecule has 1 heterocycles. The van der Waals surface area contributed by atoms with Crippen molar-refractivity contribution in [2.24, 2.45) is 5.92 Å². The first kappa shape index (κ1) is 20.2. The molecule has 0 aliphatic carbocycles. The molecule has 21 heavy (non-hydrogen) atoms. The lowest BCUT2D eigenvalue weighted by atomic mass is 9.97. The van der Waals surface area contributed by atoms with Gasteiger partial charge < -0.3 is 15.5 Å². The van der Waals surface area contributed by atoms with Crippen LogP contribution in [0.3, 0.4) is 0 Å². The van der Waals surface area contributed by atoms with Gasteiger partial charge in [-0.1, -0.05) is 6.92 Å². The van der Waals surface area contributed by atoms with Crippen LogP contribution in [0.5, 0.6) is 0 Å². The first-order chi connectivity index (χ1) is 9.67. The Balaban J connectivity index is 0.00000400. The molecule has 2 N–H and O–H groups in total. The van der Waals surface area contributed by atoms with Gasteiger partial charge in [0.1, 0.15) is 0 Å². The standard InChI is InChI=1S/C15H29N3O2.ClH/c1-3-9-17-14(19)7-4-8-15(20)18-10-5-6-13(12-18)11-16-2;/h13,16H,3-12H2,1-2H3,(H,17,19);1H. The molecule has 1 aliphatic rings. The zero-order chi connectivity index (χ0) is 14.8. The number of halogens is 1. The van der Waals surface area contributed by atoms with Crippen LogP contribution in [0.1, 0.15) is 45.4 Å². The van der Waals surface area contributed by atoms with E-state index in [1.807, 2.05) is 18.9 Å². The molecule has 5 nitrogen and oxygen atoms in total. The molecule has 0 aromatic rings. The van der Waals surface area contributed by atoms with Crippen LogP contribution in [0, 0.1) is 5.92 Å². The van der Waals surface area contributed by atoms with Gasteiger partial charge in [-0.05, 0) is 45.2 Å². The lowest BCUT2D eigenvalue weighted by molar-refractivity contribution is -0.133. The zero-order valence-electron chi connectivity index (χ0n) is 13.3. The quantitative estimate of drug-likeness (QED) is 0.714. The normalized spacial score (nSPS) is 18.0. The third-order valence-corrected chi connectivity index (χ3v) is 3.73. The minimum absolute atomic E-state index is 0. The van der Waals surface area contributed by atoms with Gasteiger partial charge in [0, 0.05) is 32.5 Å². The van der Waals surface area contributed by atoms with Gasteiger partial charge in [-0.2, -0.15) is 0 Å². The Morgan fingerprint density at radius 1 is 1.29 bits per heavy atom. The molecule has 0 spiro atoms. The summed E-state index contributed by atoms with van der Waals surface area (Å²) in [6, 6.07) is 0. The maximum atomic E-state index is 12.1. The summed E-state index contributed by atoms with van der Waals surface area (Å²) in [6.07, 6.45) is 4.84. The minimum atomic E-state index is 0. The summed E-state index contributed by atoms with van der Waals surface area (Å²) in [4.78, 5) is 25.5. The monoisotopic (exact) mass is 319 g/mol. The molecule has 1 saturated heterocycles. The van der Waals surface area contributed by atoms with Crippen molar-refractivity contribution in [3.8, 4) is 0 Å². The highest BCUT2D eigenvalue weighted by atomic mass is 35.5. The first-order valence-corrected chi connectivity index (χ1v) is 7.86. The molecule has 0 saturated carbocycles. The largest absolute Gasteiger partial charge is 0.356 e. The van der Waals surface area contributed by atoms with Crippen molar-refractivity contribution >= 4 is 24.2 Å². The molecule has 1 rings (SSSR count). The summed E-state index contributed by atoms with van der Waals surface area (Å²) in [6.45, 7) is 5.47. The van der Waals surface area contributed by atoms with Crippen LogP contribution in [-0.2, 0) is 9.59 Å². The van der Waals surface area contributed by atoms with Crippen LogP contribution < -0.4 is 10.6 Å². The van der Waals surface area contributed by atoms with Gasteiger partial charge in [0.25, 0.3) is 0 Å². The average molecular weight is 320 g/mol. The van der Waals surface area contributed by atoms with Gasteiger partial charge in [-0.25, -0.2) is 0 Å². The van der Waals surface area contributed by atoms with E-state index in [0.29, 0.717) is 25.2 Å². The second kappa shape index (κ2) is 11.8. The van der Waals surface area contributed by atoms with Crippen LogP contribution in [0.15, 0.2) is 0 Å². The number of likely N-dealkylation sites (tertiary alicyclic amines) is 1. The number of nitrogens with one attached hydrogen (secondary N) is 2. The molecule has 0 radical (unpaired) electrons. The second-order valence-electron chi connectivity index (χ2n) is 5.61. The third-order valence-electron chi connectivity index (χ3n) is 3.73. The van der Waals surface area contributed by atoms with Crippen molar-refractivity contribution in [2.75, 3.05) is 33.2 Å². The lowest BCUT2D eigenvalue weighted by Gasteiger charge is -2.32. The minimum Gasteiger partial charge on any atom is -0.356 e. The van der Waals surface area contributed by atoms with E-state index in [1.54, 1.807) is 0 Å². The summed E-state index contributed by atoms with van der Waals surface area (Å²) >= 11 is 0. The zero-order valence-corrected chi connectivity index (χ0v) is 14.1. The topological polar surface area (TPSA) is 61.4 Å². The predicted octanol–water partition coefficient (Wildman–Crippen LogP) is 1.56. The van der Waals surface area contributed by atoms with E-state index in [4.69, 9.17) is 0 Å². The fourth-order valence-corrected chi connectivity index (χ4v) is 2.66. The molecule has 1 unspecified atom stereocenters. The number of amides is 2. The third kappa shape index (κ3) is 8.27. The maximum Gasteiger partial charge on any atom is 0.222 e. The van der Waals surface area contributed by atoms with Crippen LogP contribution >= 0.6 is 12.4 Å². The van der Waals surface area contributed by atoms with Crippen molar-refractivity contribution in [1.82, 2.24) is 15.5 Å². The summed E-state index contributed by atoms with van der Waals surface area (Å²) in [7, 11) is 1.95. The Bertz CT molecular complexity index is 311. The van der Waals surface area contributed by atoms with Gasteiger partial charge in [0.05, 0.1) is 0 Å². The van der Waals surface area contributed by atoms with Gasteiger partial charge >= 0.3 is 0 Å². The highest BCUT2D eigenvalue weighted by molar-refractivity contribution is 5.85. The number of rotatable bonds is 8. The highest BCUT2D eigenvalue weighted by Crippen LogP contribution is 2.17. The highest BCUT2D eigenvalue weighted by Gasteiger charge is 2.22. The van der Waals surface area contributed by atoms with Crippen molar-refractivity contribution in [1.29, 1.82) is 0 Å². The second-order valence-corrected chi connectivity index (χ2v) is 5.61. The van der Waals surface area contributed by atoms with Crippen molar-refractivity contribution in [2.45, 2.75) is 45.4 Å². The van der Waals surface area contributed by atoms with E-state index in [2.05, 4.69) is 10.6 Å². The Morgan fingerprint density at radius 2 is 2.05 bits per heavy atom. The molecule has 124 valence electrons. The smallest absolute Gasteiger partial charge is 0.222 e. The van der Waals surface area contributed by atoms with Gasteiger partial charge in [-0.15, -0.1) is 12.4 Å². The molecule has 0 aromatic heterocycles. The van der Waals surface area contributed by atoms with Crippen molar-refractivity contribution in [3.63, 3.8) is 0 Å². The Kier molecular flexibility index (Phi) is 11.4. The molecule has 1 fully saturated rings. The van der Waals surface area contributed by atoms with Gasteiger partial charge in [-0.3, -0.25) is 9.59 Å². The molecule has 0 bridgehead atoms. The number of hydrogen-bond acceptors (Lipinski definition) is 3. The Labute approximate surface area is 134 Å². The molecular weight excluding hydrogens is 290 g/mol. The van der Waals surface area contributed by atoms with E-state index >= 15 is 0 Å². The van der Waals surface area contributed by atoms with Crippen molar-refractivity contribution < 1.29 is 9.59 Å². The first-order valence-electron chi connectivity index (χ1n) is 7.86. The molecule has 0 aromatic carbocycles. The van der Waals surface area contributed by atoms with Crippen LogP contribution in [-0.4, -0.2) is 49.9 Å². The van der Waals surface area contributed by atoms with Crippen molar-refractivity contribution in [3.05, 3.63) is 0 Å². The summed E-state index contributed by atoms with van der Waals surface area (Å²) in [5.74, 6) is 0.839. The van der Waals surface area contributed by atoms with E-state index in [0.717, 1.165) is 39.0 Å². The summed E-state index contributed by atoms with van der Waals surface area (Å²) < 4.78 is 0. The molecule has 2 amide bonds. The molecule has 1 aliphatic heterocycles. The number of carbonyl (C=O) groups excluding carboxylic acids is 2. The van der Waals surface area contributed by atoms with Gasteiger partial charge in [0.15, 0.2) is 0 Å². The maximum absolute atomic E-state index is 12.1. The predicted molar refractivity (Wildman–Crippen MR) is 87.6 cm³/mol. The van der Waals surface area contributed by atoms with Gasteiger partial charge in [0.2, 0.25) is 11.8 Å². The Morgan fingerprint density at radius 3 is 2.71 bits per heavy atom. The molecule has 1 atom stereocenters. The molecule has 6 heteroatoms. The van der Waals surface area contributed by atoms with Crippen LogP contribution in [0.25, 0.3) is 0 Å². The fraction of sp³-hybridized carbons (Fsp3) is 0.867. The van der Waals surface area contributed by atoms with Crippen LogP contribution in [0.4, 0.5) is 0 Å².